The summed E-state index contributed by atoms with van der Waals surface area (Å²) in [7, 11) is 0. The first-order valence-electron chi connectivity index (χ1n) is 22.1. The van der Waals surface area contributed by atoms with Gasteiger partial charge in [-0.3, -0.25) is 0 Å². The van der Waals surface area contributed by atoms with Gasteiger partial charge in [-0.05, 0) is 124 Å². The average Bonchev–Trinajstić information content (AvgIpc) is 3.40. The van der Waals surface area contributed by atoms with E-state index in [1.807, 2.05) is 48.5 Å². The van der Waals surface area contributed by atoms with Crippen molar-refractivity contribution in [2.45, 2.75) is 0 Å². The standard InChI is InChI=1S/C62H38N4/c63-39-40-33-51(37-52(34-40)50-31-32-58-56-17-8-7-15-54(56)55-16-9-10-18-57(55)59(58)38-50)49-30-24-44-23-29-48(35-53(44)36-49)43-21-27-47(28-22-43)62-65-60(45-13-5-2-6-14-45)64-61(66-62)46-25-19-42(20-26-46)41-11-3-1-4-12-41/h1-38H. The van der Waals surface area contributed by atoms with E-state index in [-0.39, 0.29) is 0 Å². The summed E-state index contributed by atoms with van der Waals surface area (Å²) >= 11 is 0. The van der Waals surface area contributed by atoms with E-state index in [0.717, 1.165) is 72.0 Å². The van der Waals surface area contributed by atoms with Gasteiger partial charge in [0.1, 0.15) is 0 Å². The lowest BCUT2D eigenvalue weighted by molar-refractivity contribution is 1.07. The molecule has 11 aromatic carbocycles. The summed E-state index contributed by atoms with van der Waals surface area (Å²) in [5.74, 6) is 1.87. The normalized spacial score (nSPS) is 11.3. The maximum atomic E-state index is 10.3. The monoisotopic (exact) mass is 838 g/mol. The predicted octanol–water partition coefficient (Wildman–Crippen LogP) is 16.0. The minimum Gasteiger partial charge on any atom is -0.208 e. The highest BCUT2D eigenvalue weighted by Gasteiger charge is 2.15. The van der Waals surface area contributed by atoms with Gasteiger partial charge in [0.05, 0.1) is 11.6 Å². The molecule has 0 aliphatic heterocycles. The maximum absolute atomic E-state index is 10.3. The van der Waals surface area contributed by atoms with E-state index in [9.17, 15) is 5.26 Å². The fraction of sp³-hybridized carbons (Fsp3) is 0. The minimum atomic E-state index is 0.616. The number of rotatable bonds is 7. The number of benzene rings is 11. The highest BCUT2D eigenvalue weighted by molar-refractivity contribution is 6.25. The van der Waals surface area contributed by atoms with E-state index in [1.54, 1.807) is 0 Å². The Bertz CT molecular complexity index is 3820. The Labute approximate surface area is 382 Å². The van der Waals surface area contributed by atoms with E-state index < -0.39 is 0 Å². The van der Waals surface area contributed by atoms with Crippen LogP contribution in [0.3, 0.4) is 0 Å². The number of nitrogens with zero attached hydrogens (tertiary/aromatic N) is 4. The van der Waals surface area contributed by atoms with Crippen LogP contribution >= 0.6 is 0 Å². The summed E-state index contributed by atoms with van der Waals surface area (Å²) < 4.78 is 0. The first kappa shape index (κ1) is 38.6. The zero-order valence-electron chi connectivity index (χ0n) is 35.7. The highest BCUT2D eigenvalue weighted by Crippen LogP contribution is 2.39. The molecular formula is C62H38N4. The molecule has 306 valence electrons. The van der Waals surface area contributed by atoms with Crippen LogP contribution < -0.4 is 0 Å². The molecule has 4 nitrogen and oxygen atoms in total. The molecule has 1 aromatic heterocycles. The van der Waals surface area contributed by atoms with E-state index >= 15 is 0 Å². The molecule has 1 heterocycles. The second kappa shape index (κ2) is 16.3. The fourth-order valence-corrected chi connectivity index (χ4v) is 9.32. The molecule has 0 saturated heterocycles. The van der Waals surface area contributed by atoms with Crippen molar-refractivity contribution in [2.24, 2.45) is 0 Å². The van der Waals surface area contributed by atoms with Gasteiger partial charge in [0.25, 0.3) is 0 Å². The molecule has 0 saturated carbocycles. The second-order valence-electron chi connectivity index (χ2n) is 16.7. The minimum absolute atomic E-state index is 0.616. The van der Waals surface area contributed by atoms with Crippen LogP contribution in [0.2, 0.25) is 0 Å². The van der Waals surface area contributed by atoms with E-state index in [1.165, 1.54) is 32.3 Å². The van der Waals surface area contributed by atoms with Gasteiger partial charge in [0.2, 0.25) is 0 Å². The van der Waals surface area contributed by atoms with Crippen molar-refractivity contribution in [3.63, 3.8) is 0 Å². The van der Waals surface area contributed by atoms with E-state index in [4.69, 9.17) is 15.0 Å². The largest absolute Gasteiger partial charge is 0.208 e. The number of nitriles is 1. The molecule has 0 radical (unpaired) electrons. The molecule has 0 bridgehead atoms. The molecule has 0 amide bonds. The molecule has 0 aliphatic rings. The number of hydrogen-bond donors (Lipinski definition) is 0. The van der Waals surface area contributed by atoms with Crippen molar-refractivity contribution in [3.05, 3.63) is 236 Å². The summed E-state index contributed by atoms with van der Waals surface area (Å²) in [5.41, 5.74) is 12.0. The number of aromatic nitrogens is 3. The Morgan fingerprint density at radius 3 is 1.11 bits per heavy atom. The van der Waals surface area contributed by atoms with Gasteiger partial charge in [-0.1, -0.05) is 194 Å². The van der Waals surface area contributed by atoms with Crippen LogP contribution in [0, 0.1) is 11.3 Å². The smallest absolute Gasteiger partial charge is 0.164 e. The van der Waals surface area contributed by atoms with Crippen molar-refractivity contribution in [2.75, 3.05) is 0 Å². The molecule has 0 N–H and O–H groups in total. The molecule has 12 aromatic rings. The molecule has 12 rings (SSSR count). The number of hydrogen-bond acceptors (Lipinski definition) is 4. The van der Waals surface area contributed by atoms with Crippen molar-refractivity contribution in [1.82, 2.24) is 15.0 Å². The fourth-order valence-electron chi connectivity index (χ4n) is 9.32. The molecule has 66 heavy (non-hydrogen) atoms. The highest BCUT2D eigenvalue weighted by atomic mass is 15.0. The van der Waals surface area contributed by atoms with Gasteiger partial charge in [0, 0.05) is 16.7 Å². The van der Waals surface area contributed by atoms with Crippen molar-refractivity contribution in [3.8, 4) is 84.7 Å². The Morgan fingerprint density at radius 1 is 0.242 bits per heavy atom. The molecule has 0 atom stereocenters. The van der Waals surface area contributed by atoms with Crippen LogP contribution in [0.15, 0.2) is 231 Å². The van der Waals surface area contributed by atoms with Gasteiger partial charge in [0.15, 0.2) is 17.5 Å². The summed E-state index contributed by atoms with van der Waals surface area (Å²) in [4.78, 5) is 14.9. The van der Waals surface area contributed by atoms with Crippen LogP contribution in [0.1, 0.15) is 5.56 Å². The summed E-state index contributed by atoms with van der Waals surface area (Å²) in [6.07, 6.45) is 0. The zero-order valence-corrected chi connectivity index (χ0v) is 35.7. The molecular weight excluding hydrogens is 801 g/mol. The second-order valence-corrected chi connectivity index (χ2v) is 16.7. The van der Waals surface area contributed by atoms with Crippen LogP contribution in [-0.4, -0.2) is 15.0 Å². The Balaban J connectivity index is 0.875. The lowest BCUT2D eigenvalue weighted by Gasteiger charge is -2.13. The SMILES string of the molecule is N#Cc1cc(-c2ccc3ccc(-c4ccc(-c5nc(-c6ccccc6)nc(-c6ccc(-c7ccccc7)cc6)n5)cc4)cc3c2)cc(-c2ccc3c4ccccc4c4ccccc4c3c2)c1. The van der Waals surface area contributed by atoms with Crippen molar-refractivity contribution < 1.29 is 0 Å². The predicted molar refractivity (Wildman–Crippen MR) is 273 cm³/mol. The topological polar surface area (TPSA) is 62.5 Å². The van der Waals surface area contributed by atoms with Crippen LogP contribution in [-0.2, 0) is 0 Å². The molecule has 0 unspecified atom stereocenters. The van der Waals surface area contributed by atoms with Crippen LogP contribution in [0.4, 0.5) is 0 Å². The van der Waals surface area contributed by atoms with Crippen molar-refractivity contribution in [1.29, 1.82) is 5.26 Å². The van der Waals surface area contributed by atoms with Gasteiger partial charge < -0.3 is 0 Å². The first-order valence-corrected chi connectivity index (χ1v) is 22.1. The lowest BCUT2D eigenvalue weighted by atomic mass is 9.90. The van der Waals surface area contributed by atoms with Gasteiger partial charge in [-0.2, -0.15) is 5.26 Å². The molecule has 0 fully saturated rings. The third kappa shape index (κ3) is 7.12. The third-order valence-corrected chi connectivity index (χ3v) is 12.7. The van der Waals surface area contributed by atoms with E-state index in [0.29, 0.717) is 23.0 Å². The summed E-state index contributed by atoms with van der Waals surface area (Å²) in [5, 5.41) is 19.9. The zero-order chi connectivity index (χ0) is 44.0. The van der Waals surface area contributed by atoms with Crippen LogP contribution in [0.25, 0.3) is 122 Å². The third-order valence-electron chi connectivity index (χ3n) is 12.7. The molecule has 0 aliphatic carbocycles. The Kier molecular flexibility index (Phi) is 9.51. The van der Waals surface area contributed by atoms with Gasteiger partial charge in [-0.15, -0.1) is 0 Å². The number of fused-ring (bicyclic) bond motifs is 7. The average molecular weight is 839 g/mol. The quantitative estimate of drug-likeness (QED) is 0.150. The molecule has 0 spiro atoms. The van der Waals surface area contributed by atoms with Crippen LogP contribution in [0.5, 0.6) is 0 Å². The van der Waals surface area contributed by atoms with Gasteiger partial charge >= 0.3 is 0 Å². The molecule has 4 heteroatoms. The lowest BCUT2D eigenvalue weighted by Crippen LogP contribution is -2.00. The van der Waals surface area contributed by atoms with E-state index in [2.05, 4.69) is 188 Å². The summed E-state index contributed by atoms with van der Waals surface area (Å²) in [6.45, 7) is 0. The maximum Gasteiger partial charge on any atom is 0.164 e. The first-order chi connectivity index (χ1) is 32.6. The summed E-state index contributed by atoms with van der Waals surface area (Å²) in [6, 6.07) is 83.1. The Hall–Kier alpha value is -9.04. The Morgan fingerprint density at radius 2 is 0.591 bits per heavy atom. The van der Waals surface area contributed by atoms with Gasteiger partial charge in [-0.25, -0.2) is 15.0 Å². The van der Waals surface area contributed by atoms with Crippen molar-refractivity contribution >= 4 is 43.1 Å².